The molecule has 2 aromatic rings. The molecule has 16 heavy (non-hydrogen) atoms. The number of nitrogens with two attached hydrogens (primary N) is 1. The van der Waals surface area contributed by atoms with Crippen LogP contribution in [0.4, 0.5) is 17.6 Å². The van der Waals surface area contributed by atoms with E-state index in [1.807, 2.05) is 26.2 Å². The van der Waals surface area contributed by atoms with E-state index >= 15 is 0 Å². The van der Waals surface area contributed by atoms with E-state index in [9.17, 15) is 0 Å². The Morgan fingerprint density at radius 1 is 1.44 bits per heavy atom. The summed E-state index contributed by atoms with van der Waals surface area (Å²) >= 11 is 0. The van der Waals surface area contributed by atoms with Crippen LogP contribution >= 0.6 is 0 Å². The Morgan fingerprint density at radius 3 is 2.88 bits per heavy atom. The first kappa shape index (κ1) is 10.4. The molecule has 0 spiro atoms. The minimum absolute atomic E-state index is 0.365. The lowest BCUT2D eigenvalue weighted by Crippen LogP contribution is -2.11. The zero-order valence-corrected chi connectivity index (χ0v) is 9.10. The second-order valence-electron chi connectivity index (χ2n) is 3.37. The highest BCUT2D eigenvalue weighted by Crippen LogP contribution is 2.16. The minimum atomic E-state index is 0.365. The number of hydrazine groups is 1. The van der Waals surface area contributed by atoms with Crippen LogP contribution < -0.4 is 16.6 Å². The maximum absolute atomic E-state index is 5.24. The summed E-state index contributed by atoms with van der Waals surface area (Å²) in [4.78, 5) is 8.18. The quantitative estimate of drug-likeness (QED) is 0.515. The number of rotatable bonds is 3. The highest BCUT2D eigenvalue weighted by Gasteiger charge is 2.04. The lowest BCUT2D eigenvalue weighted by Gasteiger charge is -2.06. The Bertz CT molecular complexity index is 490. The van der Waals surface area contributed by atoms with E-state index in [0.717, 1.165) is 11.4 Å². The number of nitrogens with zero attached hydrogens (tertiary/aromatic N) is 4. The standard InChI is InChI=1S/C9H13N7/c1-6-5-11-9(14-10)13-8(6)12-7-3-4-16(2)15-7/h3-5H,10H2,1-2H3,(H2,11,12,13,14,15). The monoisotopic (exact) mass is 219 g/mol. The summed E-state index contributed by atoms with van der Waals surface area (Å²) in [5.74, 6) is 7.02. The van der Waals surface area contributed by atoms with Crippen molar-refractivity contribution < 1.29 is 0 Å². The highest BCUT2D eigenvalue weighted by atomic mass is 15.3. The van der Waals surface area contributed by atoms with Gasteiger partial charge < -0.3 is 5.32 Å². The zero-order valence-electron chi connectivity index (χ0n) is 9.10. The average molecular weight is 219 g/mol. The molecule has 7 heteroatoms. The first-order valence-corrected chi connectivity index (χ1v) is 4.76. The molecule has 0 aliphatic rings. The van der Waals surface area contributed by atoms with Crippen molar-refractivity contribution in [1.29, 1.82) is 0 Å². The first-order chi connectivity index (χ1) is 7.69. The van der Waals surface area contributed by atoms with Crippen molar-refractivity contribution in [3.05, 3.63) is 24.0 Å². The number of aryl methyl sites for hydroxylation is 2. The molecule has 4 N–H and O–H groups in total. The van der Waals surface area contributed by atoms with Gasteiger partial charge in [-0.15, -0.1) is 0 Å². The Labute approximate surface area is 92.7 Å². The van der Waals surface area contributed by atoms with Crippen LogP contribution in [0.25, 0.3) is 0 Å². The maximum Gasteiger partial charge on any atom is 0.239 e. The van der Waals surface area contributed by atoms with E-state index in [0.29, 0.717) is 11.8 Å². The molecule has 0 unspecified atom stereocenters. The number of anilines is 3. The smallest absolute Gasteiger partial charge is 0.239 e. The van der Waals surface area contributed by atoms with Gasteiger partial charge in [-0.2, -0.15) is 10.1 Å². The number of nitrogens with one attached hydrogen (secondary N) is 2. The lowest BCUT2D eigenvalue weighted by molar-refractivity contribution is 0.771. The predicted octanol–water partition coefficient (Wildman–Crippen LogP) is 0.548. The minimum Gasteiger partial charge on any atom is -0.323 e. The Hall–Kier alpha value is -2.15. The van der Waals surface area contributed by atoms with E-state index in [-0.39, 0.29) is 0 Å². The Kier molecular flexibility index (Phi) is 2.69. The van der Waals surface area contributed by atoms with Gasteiger partial charge >= 0.3 is 0 Å². The molecule has 0 fully saturated rings. The molecule has 0 saturated carbocycles. The van der Waals surface area contributed by atoms with E-state index in [1.165, 1.54) is 0 Å². The number of hydrogen-bond donors (Lipinski definition) is 3. The topological polar surface area (TPSA) is 93.7 Å². The Morgan fingerprint density at radius 2 is 2.25 bits per heavy atom. The predicted molar refractivity (Wildman–Crippen MR) is 61.1 cm³/mol. The van der Waals surface area contributed by atoms with Crippen LogP contribution in [0.5, 0.6) is 0 Å². The summed E-state index contributed by atoms with van der Waals surface area (Å²) in [6.07, 6.45) is 3.54. The van der Waals surface area contributed by atoms with Gasteiger partial charge in [-0.25, -0.2) is 10.8 Å². The van der Waals surface area contributed by atoms with Gasteiger partial charge in [-0.05, 0) is 6.92 Å². The summed E-state index contributed by atoms with van der Waals surface area (Å²) < 4.78 is 1.71. The zero-order chi connectivity index (χ0) is 11.5. The van der Waals surface area contributed by atoms with Crippen molar-refractivity contribution >= 4 is 17.6 Å². The normalized spacial score (nSPS) is 10.2. The second kappa shape index (κ2) is 4.15. The summed E-state index contributed by atoms with van der Waals surface area (Å²) in [7, 11) is 1.85. The van der Waals surface area contributed by atoms with Crippen molar-refractivity contribution in [2.45, 2.75) is 6.92 Å². The van der Waals surface area contributed by atoms with Crippen molar-refractivity contribution in [3.63, 3.8) is 0 Å². The number of nitrogen functional groups attached to an aromatic ring is 1. The fraction of sp³-hybridized carbons (Fsp3) is 0.222. The Balaban J connectivity index is 2.26. The molecule has 2 rings (SSSR count). The van der Waals surface area contributed by atoms with Gasteiger partial charge in [0.2, 0.25) is 5.95 Å². The molecule has 2 heterocycles. The SMILES string of the molecule is Cc1cnc(NN)nc1Nc1ccn(C)n1. The molecule has 2 aromatic heterocycles. The van der Waals surface area contributed by atoms with Crippen LogP contribution in [0.1, 0.15) is 5.56 Å². The summed E-state index contributed by atoms with van der Waals surface area (Å²) in [5.41, 5.74) is 3.32. The largest absolute Gasteiger partial charge is 0.323 e. The molecule has 0 aromatic carbocycles. The highest BCUT2D eigenvalue weighted by molar-refractivity contribution is 5.56. The summed E-state index contributed by atoms with van der Waals surface area (Å²) in [6.45, 7) is 1.91. The van der Waals surface area contributed by atoms with Crippen molar-refractivity contribution in [1.82, 2.24) is 19.7 Å². The fourth-order valence-corrected chi connectivity index (χ4v) is 1.24. The molecule has 0 atom stereocenters. The third-order valence-corrected chi connectivity index (χ3v) is 2.06. The molecule has 84 valence electrons. The maximum atomic E-state index is 5.24. The van der Waals surface area contributed by atoms with Crippen molar-refractivity contribution in [2.24, 2.45) is 12.9 Å². The van der Waals surface area contributed by atoms with Crippen LogP contribution in [0.15, 0.2) is 18.5 Å². The van der Waals surface area contributed by atoms with E-state index in [2.05, 4.69) is 25.8 Å². The van der Waals surface area contributed by atoms with Gasteiger partial charge in [0, 0.05) is 31.1 Å². The second-order valence-corrected chi connectivity index (χ2v) is 3.37. The molecule has 0 bridgehead atoms. The number of hydrogen-bond acceptors (Lipinski definition) is 6. The van der Waals surface area contributed by atoms with Crippen molar-refractivity contribution in [2.75, 3.05) is 10.7 Å². The molecule has 0 amide bonds. The average Bonchev–Trinajstić information content (AvgIpc) is 2.67. The van der Waals surface area contributed by atoms with E-state index < -0.39 is 0 Å². The number of aromatic nitrogens is 4. The molecule has 0 aliphatic carbocycles. The lowest BCUT2D eigenvalue weighted by atomic mass is 10.3. The molecule has 0 radical (unpaired) electrons. The van der Waals surface area contributed by atoms with E-state index in [1.54, 1.807) is 10.9 Å². The van der Waals surface area contributed by atoms with Crippen LogP contribution in [0.2, 0.25) is 0 Å². The molecule has 0 aliphatic heterocycles. The van der Waals surface area contributed by atoms with Gasteiger partial charge in [0.25, 0.3) is 0 Å². The van der Waals surface area contributed by atoms with Crippen molar-refractivity contribution in [3.8, 4) is 0 Å². The van der Waals surface area contributed by atoms with Gasteiger partial charge in [0.1, 0.15) is 5.82 Å². The van der Waals surface area contributed by atoms with Crippen LogP contribution in [0.3, 0.4) is 0 Å². The third kappa shape index (κ3) is 2.09. The van der Waals surface area contributed by atoms with Crippen LogP contribution in [0, 0.1) is 6.92 Å². The van der Waals surface area contributed by atoms with Gasteiger partial charge in [-0.3, -0.25) is 10.1 Å². The fourth-order valence-electron chi connectivity index (χ4n) is 1.24. The van der Waals surface area contributed by atoms with Gasteiger partial charge in [0.05, 0.1) is 0 Å². The van der Waals surface area contributed by atoms with Gasteiger partial charge in [-0.1, -0.05) is 0 Å². The van der Waals surface area contributed by atoms with Crippen LogP contribution in [-0.4, -0.2) is 19.7 Å². The molecule has 0 saturated heterocycles. The molecular weight excluding hydrogens is 206 g/mol. The first-order valence-electron chi connectivity index (χ1n) is 4.76. The third-order valence-electron chi connectivity index (χ3n) is 2.06. The molecule has 7 nitrogen and oxygen atoms in total. The van der Waals surface area contributed by atoms with Crippen LogP contribution in [-0.2, 0) is 7.05 Å². The summed E-state index contributed by atoms with van der Waals surface area (Å²) in [6, 6.07) is 1.86. The molecular formula is C9H13N7. The van der Waals surface area contributed by atoms with Gasteiger partial charge in [0.15, 0.2) is 5.82 Å². The van der Waals surface area contributed by atoms with E-state index in [4.69, 9.17) is 5.84 Å². The summed E-state index contributed by atoms with van der Waals surface area (Å²) in [5, 5.41) is 7.29.